The molecule has 0 rings (SSSR count). The summed E-state index contributed by atoms with van der Waals surface area (Å²) in [6.45, 7) is 14.1. The Balaban J connectivity index is 5.10. The number of ether oxygens (including phenoxy) is 4. The highest BCUT2D eigenvalue weighted by atomic mass is 31.2. The van der Waals surface area contributed by atoms with E-state index >= 15 is 0 Å². The molecule has 3 N–H and O–H groups in total. The number of aliphatic hydroxyl groups is 1. The van der Waals surface area contributed by atoms with E-state index in [4.69, 9.17) is 37.0 Å². The number of hydrogen-bond acceptors (Lipinski definition) is 15. The summed E-state index contributed by atoms with van der Waals surface area (Å²) >= 11 is 0. The largest absolute Gasteiger partial charge is 0.472 e. The average Bonchev–Trinajstić information content (AvgIpc) is 2.55. The fraction of sp³-hybridized carbons (Fsp3) is 0.946. The molecule has 0 aliphatic rings. The molecule has 0 aromatic rings. The van der Waals surface area contributed by atoms with Crippen LogP contribution >= 0.6 is 15.6 Å². The van der Waals surface area contributed by atoms with E-state index in [2.05, 4.69) is 55.4 Å². The molecule has 0 saturated heterocycles. The molecule has 552 valence electrons. The lowest BCUT2D eigenvalue weighted by Crippen LogP contribution is -2.30. The third kappa shape index (κ3) is 65.8. The van der Waals surface area contributed by atoms with Crippen LogP contribution in [0.15, 0.2) is 0 Å². The second-order valence-corrected chi connectivity index (χ2v) is 31.0. The first-order valence-corrected chi connectivity index (χ1v) is 41.3. The predicted molar refractivity (Wildman–Crippen MR) is 377 cm³/mol. The van der Waals surface area contributed by atoms with Crippen molar-refractivity contribution in [2.75, 3.05) is 39.6 Å². The average molecular weight is 1370 g/mol. The molecule has 0 aromatic heterocycles. The molecule has 0 radical (unpaired) electrons. The second-order valence-electron chi connectivity index (χ2n) is 28.1. The van der Waals surface area contributed by atoms with Crippen molar-refractivity contribution in [3.05, 3.63) is 0 Å². The zero-order valence-corrected chi connectivity index (χ0v) is 62.7. The van der Waals surface area contributed by atoms with E-state index in [0.717, 1.165) is 114 Å². The van der Waals surface area contributed by atoms with Crippen molar-refractivity contribution >= 4 is 39.5 Å². The van der Waals surface area contributed by atoms with Gasteiger partial charge in [-0.1, -0.05) is 319 Å². The summed E-state index contributed by atoms with van der Waals surface area (Å²) in [6, 6.07) is 0. The van der Waals surface area contributed by atoms with Crippen LogP contribution in [0.25, 0.3) is 0 Å². The Labute approximate surface area is 568 Å². The summed E-state index contributed by atoms with van der Waals surface area (Å²) in [4.78, 5) is 72.6. The number of phosphoric acid groups is 2. The van der Waals surface area contributed by atoms with Crippen molar-refractivity contribution in [3.63, 3.8) is 0 Å². The lowest BCUT2D eigenvalue weighted by molar-refractivity contribution is -0.161. The normalized spacial score (nSPS) is 14.8. The summed E-state index contributed by atoms with van der Waals surface area (Å²) < 4.78 is 68.3. The molecule has 17 nitrogen and oxygen atoms in total. The number of hydrogen-bond donors (Lipinski definition) is 3. The van der Waals surface area contributed by atoms with Gasteiger partial charge in [-0.25, -0.2) is 9.13 Å². The molecule has 0 aliphatic heterocycles. The first-order chi connectivity index (χ1) is 44.7. The van der Waals surface area contributed by atoms with Gasteiger partial charge >= 0.3 is 39.5 Å². The lowest BCUT2D eigenvalue weighted by atomic mass is 9.99. The van der Waals surface area contributed by atoms with Crippen LogP contribution in [0, 0.1) is 23.7 Å². The Kier molecular flexibility index (Phi) is 62.2. The van der Waals surface area contributed by atoms with Crippen molar-refractivity contribution in [2.24, 2.45) is 23.7 Å². The van der Waals surface area contributed by atoms with Crippen molar-refractivity contribution in [1.29, 1.82) is 0 Å². The zero-order valence-electron chi connectivity index (χ0n) is 60.9. The van der Waals surface area contributed by atoms with Gasteiger partial charge in [0.15, 0.2) is 12.2 Å². The van der Waals surface area contributed by atoms with Gasteiger partial charge in [0.1, 0.15) is 19.3 Å². The minimum atomic E-state index is -4.95. The SMILES string of the molecule is CCC(C)CCCCCCCCCCCCCCCCCCCCC(=O)OC[C@H](COP(=O)(O)OC[C@@H](O)COP(=O)(O)OC[C@@H](COC(=O)CCCCCCCCC(C)CC)OC(=O)CCCCCCCCCCCC(C)C)OC(=O)CCCCCCCCC(C)C. The minimum absolute atomic E-state index is 0.102. The number of carbonyl (C=O) groups is 4. The highest BCUT2D eigenvalue weighted by molar-refractivity contribution is 7.47. The topological polar surface area (TPSA) is 237 Å². The summed E-state index contributed by atoms with van der Waals surface area (Å²) in [5.74, 6) is 0.879. The molecule has 0 heterocycles. The Morgan fingerprint density at radius 3 is 0.763 bits per heavy atom. The van der Waals surface area contributed by atoms with Crippen molar-refractivity contribution in [2.45, 2.75) is 388 Å². The van der Waals surface area contributed by atoms with Gasteiger partial charge < -0.3 is 33.8 Å². The maximum atomic E-state index is 13.0. The molecular formula is C74H144O17P2. The Hall–Kier alpha value is -1.94. The van der Waals surface area contributed by atoms with Gasteiger partial charge in [-0.3, -0.25) is 37.3 Å². The van der Waals surface area contributed by atoms with Gasteiger partial charge in [-0.15, -0.1) is 0 Å². The minimum Gasteiger partial charge on any atom is -0.462 e. The molecule has 4 unspecified atom stereocenters. The first-order valence-electron chi connectivity index (χ1n) is 38.3. The molecule has 0 saturated carbocycles. The van der Waals surface area contributed by atoms with Crippen molar-refractivity contribution < 1.29 is 80.2 Å². The lowest BCUT2D eigenvalue weighted by Gasteiger charge is -2.21. The smallest absolute Gasteiger partial charge is 0.462 e. The van der Waals surface area contributed by atoms with Crippen molar-refractivity contribution in [3.8, 4) is 0 Å². The van der Waals surface area contributed by atoms with Crippen LogP contribution in [0.2, 0.25) is 0 Å². The molecular weight excluding hydrogens is 1220 g/mol. The van der Waals surface area contributed by atoms with E-state index < -0.39 is 97.5 Å². The molecule has 0 spiro atoms. The fourth-order valence-electron chi connectivity index (χ4n) is 11.1. The zero-order chi connectivity index (χ0) is 68.9. The van der Waals surface area contributed by atoms with Gasteiger partial charge in [-0.2, -0.15) is 0 Å². The molecule has 0 bridgehead atoms. The van der Waals surface area contributed by atoms with E-state index in [1.165, 1.54) is 167 Å². The van der Waals surface area contributed by atoms with Crippen LogP contribution in [0.4, 0.5) is 0 Å². The first kappa shape index (κ1) is 91.1. The molecule has 19 heteroatoms. The maximum Gasteiger partial charge on any atom is 0.472 e. The summed E-state index contributed by atoms with van der Waals surface area (Å²) in [5.41, 5.74) is 0. The standard InChI is InChI=1S/C74H144O17P2/c1-9-66(7)52-44-36-27-23-19-17-15-13-11-12-14-16-18-20-24-28-38-46-54-71(76)84-60-70(91-74(79)57-49-41-32-30-35-43-51-65(5)6)63-89-93(82,83)87-59-68(75)58-86-92(80,81)88-62-69(61-85-72(77)55-47-39-33-31-37-45-53-67(8)10-2)90-73(78)56-48-40-29-25-21-22-26-34-42-50-64(3)4/h64-70,75H,9-63H2,1-8H3,(H,80,81)(H,82,83)/t66?,67?,68-,69+,70+/m0/s1. The summed E-state index contributed by atoms with van der Waals surface area (Å²) in [6.07, 6.45) is 47.6. The van der Waals surface area contributed by atoms with Gasteiger partial charge in [0, 0.05) is 25.7 Å². The Morgan fingerprint density at radius 1 is 0.301 bits per heavy atom. The number of aliphatic hydroxyl groups excluding tert-OH is 1. The molecule has 0 fully saturated rings. The van der Waals surface area contributed by atoms with E-state index in [0.29, 0.717) is 31.6 Å². The number of rotatable bonds is 71. The number of phosphoric ester groups is 2. The number of esters is 4. The second kappa shape index (κ2) is 63.5. The fourth-order valence-corrected chi connectivity index (χ4v) is 12.7. The molecule has 93 heavy (non-hydrogen) atoms. The van der Waals surface area contributed by atoms with Crippen LogP contribution in [0.1, 0.15) is 370 Å². The van der Waals surface area contributed by atoms with Crippen LogP contribution in [-0.4, -0.2) is 96.7 Å². The van der Waals surface area contributed by atoms with Gasteiger partial charge in [-0.05, 0) is 49.4 Å². The monoisotopic (exact) mass is 1370 g/mol. The van der Waals surface area contributed by atoms with Crippen LogP contribution in [0.5, 0.6) is 0 Å². The predicted octanol–water partition coefficient (Wildman–Crippen LogP) is 21.3. The van der Waals surface area contributed by atoms with Gasteiger partial charge in [0.2, 0.25) is 0 Å². The molecule has 0 amide bonds. The quantitative estimate of drug-likeness (QED) is 0.0222. The Bertz CT molecular complexity index is 1840. The summed E-state index contributed by atoms with van der Waals surface area (Å²) in [5, 5.41) is 10.6. The third-order valence-corrected chi connectivity index (χ3v) is 19.7. The van der Waals surface area contributed by atoms with E-state index in [9.17, 15) is 43.2 Å². The van der Waals surface area contributed by atoms with Crippen LogP contribution in [-0.2, 0) is 65.4 Å². The molecule has 0 aliphatic carbocycles. The highest BCUT2D eigenvalue weighted by Crippen LogP contribution is 2.45. The van der Waals surface area contributed by atoms with Crippen LogP contribution < -0.4 is 0 Å². The highest BCUT2D eigenvalue weighted by Gasteiger charge is 2.30. The van der Waals surface area contributed by atoms with E-state index in [1.54, 1.807) is 0 Å². The Morgan fingerprint density at radius 2 is 0.516 bits per heavy atom. The molecule has 7 atom stereocenters. The van der Waals surface area contributed by atoms with E-state index in [1.807, 2.05) is 0 Å². The number of unbranched alkanes of at least 4 members (excludes halogenated alkanes) is 35. The van der Waals surface area contributed by atoms with Crippen LogP contribution in [0.3, 0.4) is 0 Å². The van der Waals surface area contributed by atoms with E-state index in [-0.39, 0.29) is 25.7 Å². The maximum absolute atomic E-state index is 13.0. The van der Waals surface area contributed by atoms with Crippen molar-refractivity contribution in [1.82, 2.24) is 0 Å². The van der Waals surface area contributed by atoms with Gasteiger partial charge in [0.25, 0.3) is 0 Å². The van der Waals surface area contributed by atoms with Gasteiger partial charge in [0.05, 0.1) is 26.4 Å². The number of carbonyl (C=O) groups excluding carboxylic acids is 4. The summed E-state index contributed by atoms with van der Waals surface area (Å²) in [7, 11) is -9.90. The molecule has 0 aromatic carbocycles. The third-order valence-electron chi connectivity index (χ3n) is 17.8.